The van der Waals surface area contributed by atoms with Crippen molar-refractivity contribution in [2.45, 2.75) is 95.6 Å². The summed E-state index contributed by atoms with van der Waals surface area (Å²) in [7, 11) is -0.603. The van der Waals surface area contributed by atoms with Crippen molar-refractivity contribution in [3.8, 4) is 0 Å². The topological polar surface area (TPSA) is 193 Å². The number of amides is 2. The highest BCUT2D eigenvalue weighted by Gasteiger charge is 2.68. The summed E-state index contributed by atoms with van der Waals surface area (Å²) in [5.74, 6) is -0.346. The lowest BCUT2D eigenvalue weighted by atomic mass is 9.43. The van der Waals surface area contributed by atoms with Crippen molar-refractivity contribution in [1.82, 2.24) is 31.3 Å². The van der Waals surface area contributed by atoms with E-state index in [2.05, 4.69) is 60.5 Å². The predicted octanol–water partition coefficient (Wildman–Crippen LogP) is 1.94. The molecule has 5 N–H and O–H groups in total. The highest BCUT2D eigenvalue weighted by atomic mass is 32.2. The molecule has 43 heavy (non-hydrogen) atoms. The molecule has 16 heteroatoms. The van der Waals surface area contributed by atoms with E-state index < -0.39 is 35.7 Å². The second kappa shape index (κ2) is 13.8. The molecular formula is C27H43BN8O6S. The van der Waals surface area contributed by atoms with Crippen LogP contribution in [-0.4, -0.2) is 75.9 Å². The molecule has 2 bridgehead atoms. The molecule has 6 atom stereocenters. The van der Waals surface area contributed by atoms with E-state index in [0.717, 1.165) is 24.6 Å². The molecule has 4 aliphatic rings. The highest BCUT2D eigenvalue weighted by molar-refractivity contribution is 7.99. The molecule has 3 saturated carbocycles. The van der Waals surface area contributed by atoms with Gasteiger partial charge in [-0.2, -0.15) is 0 Å². The zero-order chi connectivity index (χ0) is 31.4. The van der Waals surface area contributed by atoms with Gasteiger partial charge in [0.25, 0.3) is 5.96 Å². The number of nitro groups is 1. The maximum atomic E-state index is 13.7. The number of carbonyl (C=O) groups excluding carboxylic acids is 2. The van der Waals surface area contributed by atoms with Crippen molar-refractivity contribution in [2.24, 2.45) is 23.2 Å². The van der Waals surface area contributed by atoms with Crippen molar-refractivity contribution in [1.29, 1.82) is 5.41 Å². The van der Waals surface area contributed by atoms with E-state index in [1.165, 1.54) is 0 Å². The maximum Gasteiger partial charge on any atom is 0.481 e. The Morgan fingerprint density at radius 3 is 2.60 bits per heavy atom. The van der Waals surface area contributed by atoms with Crippen LogP contribution in [-0.2, 0) is 18.9 Å². The van der Waals surface area contributed by atoms with Gasteiger partial charge in [-0.15, -0.1) is 0 Å². The molecule has 14 nitrogen and oxygen atoms in total. The number of hydrogen-bond donors (Lipinski definition) is 5. The monoisotopic (exact) mass is 618 g/mol. The van der Waals surface area contributed by atoms with Crippen LogP contribution < -0.4 is 21.4 Å². The van der Waals surface area contributed by atoms with Gasteiger partial charge in [0.1, 0.15) is 6.04 Å². The number of hydrazine groups is 1. The van der Waals surface area contributed by atoms with Crippen LogP contribution in [0, 0.1) is 38.7 Å². The maximum absolute atomic E-state index is 13.7. The number of nitrogens with zero attached hydrogens (tertiary/aromatic N) is 3. The lowest BCUT2D eigenvalue weighted by Crippen LogP contribution is -2.65. The summed E-state index contributed by atoms with van der Waals surface area (Å²) in [4.78, 5) is 45.4. The molecule has 3 aliphatic carbocycles. The first-order chi connectivity index (χ1) is 20.3. The van der Waals surface area contributed by atoms with Gasteiger partial charge in [-0.05, 0) is 68.3 Å². The minimum atomic E-state index is -0.884. The highest BCUT2D eigenvalue weighted by Crippen LogP contribution is 2.65. The van der Waals surface area contributed by atoms with Crippen molar-refractivity contribution in [3.63, 3.8) is 0 Å². The zero-order valence-electron chi connectivity index (χ0n) is 25.4. The van der Waals surface area contributed by atoms with Gasteiger partial charge < -0.3 is 25.3 Å². The predicted molar refractivity (Wildman–Crippen MR) is 161 cm³/mol. The summed E-state index contributed by atoms with van der Waals surface area (Å²) in [5, 5.41) is 26.3. The van der Waals surface area contributed by atoms with Crippen molar-refractivity contribution in [3.05, 3.63) is 28.6 Å². The largest absolute Gasteiger partial charge is 0.481 e. The second-order valence-electron chi connectivity index (χ2n) is 12.8. The summed E-state index contributed by atoms with van der Waals surface area (Å²) in [5.41, 5.74) is 1.51. The SMILES string of the molecule is CC(C)C[C@H](NC(=O)[C@H](CCCNC(=N)N[N+](=O)[O-])NC(=O)CSc1ncccn1)B1O[C@@H]2C[C@@H]3C[C@@H](C3(C)C)[C@]2(C)O1. The Bertz CT molecular complexity index is 1180. The fourth-order valence-electron chi connectivity index (χ4n) is 6.75. The molecule has 1 aromatic rings. The molecule has 2 amide bonds. The van der Waals surface area contributed by atoms with Crippen molar-refractivity contribution < 1.29 is 23.9 Å². The van der Waals surface area contributed by atoms with E-state index in [0.29, 0.717) is 29.8 Å². The molecule has 1 saturated heterocycles. The zero-order valence-corrected chi connectivity index (χ0v) is 26.2. The number of rotatable bonds is 14. The molecule has 236 valence electrons. The van der Waals surface area contributed by atoms with E-state index in [9.17, 15) is 19.7 Å². The van der Waals surface area contributed by atoms with Gasteiger partial charge in [0.05, 0.1) is 23.4 Å². The first kappa shape index (κ1) is 32.9. The van der Waals surface area contributed by atoms with Gasteiger partial charge in [0.2, 0.25) is 11.8 Å². The molecule has 1 aromatic heterocycles. The third-order valence-corrected chi connectivity index (χ3v) is 9.93. The molecule has 4 fully saturated rings. The molecule has 0 radical (unpaired) electrons. The van der Waals surface area contributed by atoms with Crippen LogP contribution in [0.4, 0.5) is 0 Å². The Morgan fingerprint density at radius 1 is 1.23 bits per heavy atom. The van der Waals surface area contributed by atoms with Gasteiger partial charge in [0.15, 0.2) is 10.2 Å². The number of guanidine groups is 1. The summed E-state index contributed by atoms with van der Waals surface area (Å²) in [6, 6.07) is 0.800. The van der Waals surface area contributed by atoms with Gasteiger partial charge in [0, 0.05) is 18.9 Å². The minimum absolute atomic E-state index is 0.0199. The molecular weight excluding hydrogens is 575 g/mol. The summed E-state index contributed by atoms with van der Waals surface area (Å²) < 4.78 is 13.2. The van der Waals surface area contributed by atoms with Crippen LogP contribution in [0.5, 0.6) is 0 Å². The Labute approximate surface area is 256 Å². The Hall–Kier alpha value is -2.98. The van der Waals surface area contributed by atoms with E-state index in [4.69, 9.17) is 14.7 Å². The van der Waals surface area contributed by atoms with Crippen molar-refractivity contribution in [2.75, 3.05) is 12.3 Å². The van der Waals surface area contributed by atoms with Crippen LogP contribution in [0.15, 0.2) is 23.6 Å². The first-order valence-corrected chi connectivity index (χ1v) is 15.8. The summed E-state index contributed by atoms with van der Waals surface area (Å²) in [6.45, 7) is 11.1. The van der Waals surface area contributed by atoms with E-state index >= 15 is 0 Å². The van der Waals surface area contributed by atoms with Gasteiger partial charge in [-0.1, -0.05) is 44.9 Å². The molecule has 5 rings (SSSR count). The first-order valence-electron chi connectivity index (χ1n) is 14.9. The number of hydrogen-bond acceptors (Lipinski definition) is 10. The van der Waals surface area contributed by atoms with Crippen LogP contribution >= 0.6 is 11.8 Å². The van der Waals surface area contributed by atoms with E-state index in [1.807, 2.05) is 0 Å². The van der Waals surface area contributed by atoms with Crippen LogP contribution in [0.25, 0.3) is 0 Å². The van der Waals surface area contributed by atoms with Crippen LogP contribution in [0.2, 0.25) is 0 Å². The fourth-order valence-corrected chi connectivity index (χ4v) is 7.36. The van der Waals surface area contributed by atoms with Crippen molar-refractivity contribution >= 4 is 36.7 Å². The number of nitrogens with one attached hydrogen (secondary N) is 5. The summed E-state index contributed by atoms with van der Waals surface area (Å²) in [6.07, 6.45) is 6.44. The third kappa shape index (κ3) is 7.95. The average Bonchev–Trinajstić information content (AvgIpc) is 3.30. The number of aromatic nitrogens is 2. The van der Waals surface area contributed by atoms with Gasteiger partial charge in [-0.25, -0.2) is 20.1 Å². The van der Waals surface area contributed by atoms with Crippen LogP contribution in [0.3, 0.4) is 0 Å². The van der Waals surface area contributed by atoms with E-state index in [1.54, 1.807) is 23.9 Å². The minimum Gasteiger partial charge on any atom is -0.404 e. The Morgan fingerprint density at radius 2 is 1.95 bits per heavy atom. The fraction of sp³-hybridized carbons (Fsp3) is 0.741. The number of thioether (sulfide) groups is 1. The third-order valence-electron chi connectivity index (χ3n) is 9.05. The van der Waals surface area contributed by atoms with Gasteiger partial charge in [-0.3, -0.25) is 15.0 Å². The quantitative estimate of drug-likeness (QED) is 0.0299. The standard InChI is InChI=1S/C27H43BN8O6S/c1-16(2)12-21(28-41-20-14-17-13-19(26(17,3)4)27(20,5)42-28)34-23(38)18(8-6-9-30-24(29)35-36(39)40)33-22(37)15-43-25-31-10-7-11-32-25/h7,10-11,16-21H,6,8-9,12-15H2,1-5H3,(H,33,37)(H,34,38)(H3,29,30,35)/t17-,18-,19-,20+,21-,27-/m0/s1. The Balaban J connectivity index is 1.41. The number of carbonyl (C=O) groups is 2. The van der Waals surface area contributed by atoms with Gasteiger partial charge >= 0.3 is 7.12 Å². The molecule has 2 heterocycles. The molecule has 0 unspecified atom stereocenters. The molecule has 0 aromatic carbocycles. The normalized spacial score (nSPS) is 26.5. The summed E-state index contributed by atoms with van der Waals surface area (Å²) >= 11 is 1.16. The second-order valence-corrected chi connectivity index (χ2v) is 13.8. The Kier molecular flexibility index (Phi) is 10.5. The van der Waals surface area contributed by atoms with Crippen LogP contribution in [0.1, 0.15) is 66.7 Å². The lowest BCUT2D eigenvalue weighted by molar-refractivity contribution is -0.525. The average molecular weight is 619 g/mol. The van der Waals surface area contributed by atoms with E-state index in [-0.39, 0.29) is 48.0 Å². The smallest absolute Gasteiger partial charge is 0.404 e. The lowest BCUT2D eigenvalue weighted by Gasteiger charge is -2.64. The molecule has 1 aliphatic heterocycles. The molecule has 0 spiro atoms.